The maximum Gasteiger partial charge on any atom is 0.295 e. The van der Waals surface area contributed by atoms with Gasteiger partial charge in [0.05, 0.1) is 5.69 Å². The highest BCUT2D eigenvalue weighted by Crippen LogP contribution is 2.23. The Morgan fingerprint density at radius 1 is 1.20 bits per heavy atom. The number of nitrogens with one attached hydrogen (secondary N) is 1. The molecule has 0 spiro atoms. The SMILES string of the molecule is Nc1cccc2oc(NCCc3cccc(F)c3)nc12. The predicted octanol–water partition coefficient (Wildman–Crippen LogP) is 3.20. The number of nitrogens with two attached hydrogens (primary N) is 1. The van der Waals surface area contributed by atoms with E-state index in [1.54, 1.807) is 12.1 Å². The van der Waals surface area contributed by atoms with Gasteiger partial charge in [-0.3, -0.25) is 0 Å². The first kappa shape index (κ1) is 12.5. The number of nitrogens with zero attached hydrogens (tertiary/aromatic N) is 1. The van der Waals surface area contributed by atoms with Crippen molar-refractivity contribution in [3.05, 3.63) is 53.8 Å². The predicted molar refractivity (Wildman–Crippen MR) is 77.0 cm³/mol. The van der Waals surface area contributed by atoms with Crippen LogP contribution < -0.4 is 11.1 Å². The molecule has 0 unspecified atom stereocenters. The molecule has 0 aliphatic heterocycles. The number of hydrogen-bond donors (Lipinski definition) is 2. The van der Waals surface area contributed by atoms with Gasteiger partial charge in [0, 0.05) is 6.54 Å². The zero-order valence-corrected chi connectivity index (χ0v) is 10.8. The molecule has 102 valence electrons. The van der Waals surface area contributed by atoms with Gasteiger partial charge in [0.1, 0.15) is 11.3 Å². The summed E-state index contributed by atoms with van der Waals surface area (Å²) in [5.41, 5.74) is 8.63. The summed E-state index contributed by atoms with van der Waals surface area (Å²) in [6.45, 7) is 0.607. The van der Waals surface area contributed by atoms with Crippen molar-refractivity contribution in [2.75, 3.05) is 17.6 Å². The first-order chi connectivity index (χ1) is 9.72. The molecule has 0 saturated carbocycles. The summed E-state index contributed by atoms with van der Waals surface area (Å²) >= 11 is 0. The first-order valence-corrected chi connectivity index (χ1v) is 6.36. The number of oxazole rings is 1. The Hall–Kier alpha value is -2.56. The maximum atomic E-state index is 13.0. The van der Waals surface area contributed by atoms with Crippen molar-refractivity contribution in [2.45, 2.75) is 6.42 Å². The minimum absolute atomic E-state index is 0.225. The fourth-order valence-corrected chi connectivity index (χ4v) is 2.05. The van der Waals surface area contributed by atoms with Gasteiger partial charge in [-0.15, -0.1) is 0 Å². The van der Waals surface area contributed by atoms with Crippen molar-refractivity contribution in [3.8, 4) is 0 Å². The quantitative estimate of drug-likeness (QED) is 0.715. The van der Waals surface area contributed by atoms with Gasteiger partial charge in [0.2, 0.25) is 0 Å². The molecule has 0 atom stereocenters. The largest absolute Gasteiger partial charge is 0.423 e. The number of benzene rings is 2. The number of rotatable bonds is 4. The molecular weight excluding hydrogens is 257 g/mol. The van der Waals surface area contributed by atoms with Crippen molar-refractivity contribution in [2.24, 2.45) is 0 Å². The Labute approximate surface area is 115 Å². The zero-order valence-electron chi connectivity index (χ0n) is 10.8. The number of anilines is 2. The smallest absolute Gasteiger partial charge is 0.295 e. The molecule has 1 heterocycles. The lowest BCUT2D eigenvalue weighted by molar-refractivity contribution is 0.613. The Morgan fingerprint density at radius 3 is 2.85 bits per heavy atom. The third kappa shape index (κ3) is 2.56. The van der Waals surface area contributed by atoms with Crippen molar-refractivity contribution >= 4 is 22.8 Å². The van der Waals surface area contributed by atoms with Crippen molar-refractivity contribution in [1.29, 1.82) is 0 Å². The van der Waals surface area contributed by atoms with Crippen LogP contribution in [0.1, 0.15) is 5.56 Å². The molecule has 2 aromatic carbocycles. The summed E-state index contributed by atoms with van der Waals surface area (Å²) in [6, 6.07) is 12.4. The van der Waals surface area contributed by atoms with Crippen LogP contribution in [0.2, 0.25) is 0 Å². The van der Waals surface area contributed by atoms with Gasteiger partial charge in [-0.25, -0.2) is 4.39 Å². The van der Waals surface area contributed by atoms with Crippen LogP contribution in [0.5, 0.6) is 0 Å². The number of para-hydroxylation sites is 1. The number of nitrogen functional groups attached to an aromatic ring is 1. The molecule has 0 saturated heterocycles. The number of aromatic nitrogens is 1. The van der Waals surface area contributed by atoms with E-state index in [0.29, 0.717) is 35.8 Å². The fraction of sp³-hybridized carbons (Fsp3) is 0.133. The Bertz CT molecular complexity index is 739. The molecule has 20 heavy (non-hydrogen) atoms. The number of halogens is 1. The van der Waals surface area contributed by atoms with E-state index in [-0.39, 0.29) is 5.82 Å². The normalized spacial score (nSPS) is 10.8. The third-order valence-corrected chi connectivity index (χ3v) is 3.03. The van der Waals surface area contributed by atoms with E-state index >= 15 is 0 Å². The topological polar surface area (TPSA) is 64.1 Å². The van der Waals surface area contributed by atoms with E-state index in [1.807, 2.05) is 18.2 Å². The molecule has 0 bridgehead atoms. The zero-order chi connectivity index (χ0) is 13.9. The third-order valence-electron chi connectivity index (χ3n) is 3.03. The van der Waals surface area contributed by atoms with Crippen LogP contribution in [0, 0.1) is 5.82 Å². The molecule has 4 nitrogen and oxygen atoms in total. The van der Waals surface area contributed by atoms with E-state index in [1.165, 1.54) is 12.1 Å². The summed E-state index contributed by atoms with van der Waals surface area (Å²) in [7, 11) is 0. The van der Waals surface area contributed by atoms with Gasteiger partial charge in [-0.2, -0.15) is 4.98 Å². The Morgan fingerprint density at radius 2 is 2.05 bits per heavy atom. The second kappa shape index (κ2) is 5.21. The van der Waals surface area contributed by atoms with Crippen LogP contribution in [0.15, 0.2) is 46.9 Å². The molecule has 0 aliphatic rings. The summed E-state index contributed by atoms with van der Waals surface area (Å²) in [5.74, 6) is -0.225. The maximum absolute atomic E-state index is 13.0. The first-order valence-electron chi connectivity index (χ1n) is 6.36. The summed E-state index contributed by atoms with van der Waals surface area (Å²) in [5, 5.41) is 3.07. The summed E-state index contributed by atoms with van der Waals surface area (Å²) in [6.07, 6.45) is 0.686. The van der Waals surface area contributed by atoms with Crippen LogP contribution in [0.25, 0.3) is 11.1 Å². The highest BCUT2D eigenvalue weighted by Gasteiger charge is 2.07. The van der Waals surface area contributed by atoms with Crippen LogP contribution in [-0.4, -0.2) is 11.5 Å². The lowest BCUT2D eigenvalue weighted by Gasteiger charge is -2.02. The number of hydrogen-bond acceptors (Lipinski definition) is 4. The van der Waals surface area contributed by atoms with Gasteiger partial charge in [0.25, 0.3) is 6.01 Å². The van der Waals surface area contributed by atoms with Gasteiger partial charge in [-0.1, -0.05) is 18.2 Å². The minimum atomic E-state index is -0.225. The molecule has 0 fully saturated rings. The molecule has 0 radical (unpaired) electrons. The average Bonchev–Trinajstić information content (AvgIpc) is 2.83. The monoisotopic (exact) mass is 271 g/mol. The van der Waals surface area contributed by atoms with E-state index in [4.69, 9.17) is 10.2 Å². The highest BCUT2D eigenvalue weighted by molar-refractivity contribution is 5.86. The van der Waals surface area contributed by atoms with Crippen LogP contribution >= 0.6 is 0 Å². The molecule has 3 aromatic rings. The van der Waals surface area contributed by atoms with Gasteiger partial charge < -0.3 is 15.5 Å². The van der Waals surface area contributed by atoms with Crippen LogP contribution in [0.4, 0.5) is 16.1 Å². The Kier molecular flexibility index (Phi) is 3.25. The molecule has 3 N–H and O–H groups in total. The number of fused-ring (bicyclic) bond motifs is 1. The molecular formula is C15H14FN3O. The van der Waals surface area contributed by atoms with Crippen molar-refractivity contribution in [3.63, 3.8) is 0 Å². The van der Waals surface area contributed by atoms with Gasteiger partial charge in [-0.05, 0) is 36.2 Å². The van der Waals surface area contributed by atoms with E-state index < -0.39 is 0 Å². The second-order valence-electron chi connectivity index (χ2n) is 4.52. The Balaban J connectivity index is 1.67. The lowest BCUT2D eigenvalue weighted by atomic mass is 10.1. The second-order valence-corrected chi connectivity index (χ2v) is 4.52. The van der Waals surface area contributed by atoms with Crippen LogP contribution in [0.3, 0.4) is 0 Å². The van der Waals surface area contributed by atoms with Gasteiger partial charge in [0.15, 0.2) is 5.58 Å². The van der Waals surface area contributed by atoms with Crippen LogP contribution in [-0.2, 0) is 6.42 Å². The highest BCUT2D eigenvalue weighted by atomic mass is 19.1. The summed E-state index contributed by atoms with van der Waals surface area (Å²) < 4.78 is 18.6. The van der Waals surface area contributed by atoms with E-state index in [0.717, 1.165) is 5.56 Å². The standard InChI is InChI=1S/C15H14FN3O/c16-11-4-1-3-10(9-11)7-8-18-15-19-14-12(17)5-2-6-13(14)20-15/h1-6,9H,7-8,17H2,(H,18,19). The molecule has 3 rings (SSSR count). The molecule has 0 aliphatic carbocycles. The van der Waals surface area contributed by atoms with Crippen molar-refractivity contribution in [1.82, 2.24) is 4.98 Å². The minimum Gasteiger partial charge on any atom is -0.423 e. The van der Waals surface area contributed by atoms with E-state index in [9.17, 15) is 4.39 Å². The summed E-state index contributed by atoms with van der Waals surface area (Å²) in [4.78, 5) is 4.28. The van der Waals surface area contributed by atoms with Crippen molar-refractivity contribution < 1.29 is 8.81 Å². The fourth-order valence-electron chi connectivity index (χ4n) is 2.05. The lowest BCUT2D eigenvalue weighted by Crippen LogP contribution is -2.05. The molecule has 0 amide bonds. The van der Waals surface area contributed by atoms with E-state index in [2.05, 4.69) is 10.3 Å². The van der Waals surface area contributed by atoms with Gasteiger partial charge >= 0.3 is 0 Å². The molecule has 1 aromatic heterocycles. The average molecular weight is 271 g/mol. The molecule has 5 heteroatoms.